The van der Waals surface area contributed by atoms with Crippen molar-refractivity contribution in [1.29, 1.82) is 0 Å². The molecule has 2 heterocycles. The lowest BCUT2D eigenvalue weighted by molar-refractivity contribution is -0.139. The number of H-pyrrole nitrogens is 1. The summed E-state index contributed by atoms with van der Waals surface area (Å²) in [6.07, 6.45) is -4.35. The van der Waals surface area contributed by atoms with Gasteiger partial charge in [0.15, 0.2) is 0 Å². The molecule has 2 rings (SSSR count). The highest BCUT2D eigenvalue weighted by atomic mass is 32.1. The molecular weight excluding hydrogens is 201 g/mol. The first kappa shape index (κ1) is 8.55. The summed E-state index contributed by atoms with van der Waals surface area (Å²) in [6.45, 7) is 1.64. The zero-order chi connectivity index (χ0) is 9.64. The van der Waals surface area contributed by atoms with E-state index >= 15 is 0 Å². The van der Waals surface area contributed by atoms with Crippen LogP contribution < -0.4 is 0 Å². The second-order valence-corrected chi connectivity index (χ2v) is 3.55. The van der Waals surface area contributed by atoms with Crippen molar-refractivity contribution in [3.05, 3.63) is 16.6 Å². The fourth-order valence-electron chi connectivity index (χ4n) is 1.18. The van der Waals surface area contributed by atoms with Gasteiger partial charge in [0.2, 0.25) is 0 Å². The molecule has 2 aromatic rings. The molecule has 6 heteroatoms. The van der Waals surface area contributed by atoms with Crippen LogP contribution in [0.3, 0.4) is 0 Å². The number of nitrogens with zero attached hydrogens (tertiary/aromatic N) is 1. The van der Waals surface area contributed by atoms with Crippen LogP contribution in [-0.4, -0.2) is 10.2 Å². The fourth-order valence-corrected chi connectivity index (χ4v) is 2.07. The lowest BCUT2D eigenvalue weighted by atomic mass is 10.2. The van der Waals surface area contributed by atoms with E-state index in [0.717, 1.165) is 0 Å². The van der Waals surface area contributed by atoms with Crippen LogP contribution in [0.1, 0.15) is 11.3 Å². The number of rotatable bonds is 0. The van der Waals surface area contributed by atoms with Gasteiger partial charge >= 0.3 is 6.18 Å². The number of hydrogen-bond acceptors (Lipinski definition) is 2. The summed E-state index contributed by atoms with van der Waals surface area (Å²) in [7, 11) is 0. The summed E-state index contributed by atoms with van der Waals surface area (Å²) in [6, 6.07) is 0. The zero-order valence-corrected chi connectivity index (χ0v) is 7.38. The van der Waals surface area contributed by atoms with E-state index in [1.54, 1.807) is 12.3 Å². The van der Waals surface area contributed by atoms with Gasteiger partial charge in [-0.15, -0.1) is 11.3 Å². The molecule has 2 aromatic heterocycles. The highest BCUT2D eigenvalue weighted by Crippen LogP contribution is 2.36. The van der Waals surface area contributed by atoms with E-state index in [2.05, 4.69) is 5.10 Å². The van der Waals surface area contributed by atoms with Gasteiger partial charge in [-0.25, -0.2) is 0 Å². The summed E-state index contributed by atoms with van der Waals surface area (Å²) < 4.78 is 37.0. The van der Waals surface area contributed by atoms with Crippen LogP contribution in [0, 0.1) is 6.92 Å². The van der Waals surface area contributed by atoms with Gasteiger partial charge in [-0.2, -0.15) is 18.3 Å². The van der Waals surface area contributed by atoms with Crippen molar-refractivity contribution < 1.29 is 13.2 Å². The molecule has 1 N–H and O–H groups in total. The SMILES string of the molecule is Cc1csc2n[nH]c(C(F)(F)F)c12. The molecule has 0 atom stereocenters. The number of thiophene rings is 1. The Hall–Kier alpha value is -1.04. The van der Waals surface area contributed by atoms with Crippen LogP contribution in [0.5, 0.6) is 0 Å². The number of aryl methyl sites for hydroxylation is 1. The molecule has 0 bridgehead atoms. The summed E-state index contributed by atoms with van der Waals surface area (Å²) in [5.41, 5.74) is -0.137. The predicted octanol–water partition coefficient (Wildman–Crippen LogP) is 2.95. The van der Waals surface area contributed by atoms with Crippen molar-refractivity contribution in [2.75, 3.05) is 0 Å². The van der Waals surface area contributed by atoms with Crippen LogP contribution in [0.4, 0.5) is 13.2 Å². The minimum absolute atomic E-state index is 0.192. The van der Waals surface area contributed by atoms with Crippen LogP contribution in [0.2, 0.25) is 0 Å². The minimum Gasteiger partial charge on any atom is -0.272 e. The first-order valence-corrected chi connectivity index (χ1v) is 4.37. The molecule has 0 saturated carbocycles. The first-order chi connectivity index (χ1) is 6.00. The Balaban J connectivity index is 2.76. The van der Waals surface area contributed by atoms with Crippen molar-refractivity contribution in [3.63, 3.8) is 0 Å². The number of fused-ring (bicyclic) bond motifs is 1. The average Bonchev–Trinajstić information content (AvgIpc) is 2.51. The number of alkyl halides is 3. The lowest BCUT2D eigenvalue weighted by Crippen LogP contribution is -2.06. The van der Waals surface area contributed by atoms with E-state index in [-0.39, 0.29) is 5.39 Å². The van der Waals surface area contributed by atoms with Gasteiger partial charge < -0.3 is 0 Å². The molecule has 0 saturated heterocycles. The number of hydrogen-bond donors (Lipinski definition) is 1. The third-order valence-corrected chi connectivity index (χ3v) is 2.75. The average molecular weight is 206 g/mol. The number of aromatic nitrogens is 2. The summed E-state index contributed by atoms with van der Waals surface area (Å²) in [5.74, 6) is 0. The number of aromatic amines is 1. The van der Waals surface area contributed by atoms with Gasteiger partial charge in [-0.1, -0.05) is 0 Å². The van der Waals surface area contributed by atoms with Gasteiger partial charge in [-0.3, -0.25) is 5.10 Å². The second-order valence-electron chi connectivity index (χ2n) is 2.70. The highest BCUT2D eigenvalue weighted by molar-refractivity contribution is 7.17. The van der Waals surface area contributed by atoms with Crippen molar-refractivity contribution in [2.45, 2.75) is 13.1 Å². The Morgan fingerprint density at radius 3 is 2.77 bits per heavy atom. The topological polar surface area (TPSA) is 28.7 Å². The fraction of sp³-hybridized carbons (Fsp3) is 0.286. The van der Waals surface area contributed by atoms with Crippen molar-refractivity contribution >= 4 is 21.6 Å². The summed E-state index contributed by atoms with van der Waals surface area (Å²) >= 11 is 1.21. The van der Waals surface area contributed by atoms with E-state index in [9.17, 15) is 13.2 Å². The van der Waals surface area contributed by atoms with Crippen LogP contribution in [-0.2, 0) is 6.18 Å². The van der Waals surface area contributed by atoms with E-state index in [0.29, 0.717) is 10.4 Å². The van der Waals surface area contributed by atoms with Gasteiger partial charge in [0.1, 0.15) is 10.5 Å². The minimum atomic E-state index is -4.35. The molecule has 0 fully saturated rings. The van der Waals surface area contributed by atoms with Gasteiger partial charge in [0, 0.05) is 5.39 Å². The summed E-state index contributed by atoms with van der Waals surface area (Å²) in [5, 5.41) is 7.45. The predicted molar refractivity (Wildman–Crippen MR) is 43.7 cm³/mol. The maximum Gasteiger partial charge on any atom is 0.433 e. The quantitative estimate of drug-likeness (QED) is 0.705. The molecular formula is C7H5F3N2S. The highest BCUT2D eigenvalue weighted by Gasteiger charge is 2.35. The molecule has 0 amide bonds. The molecule has 2 nitrogen and oxygen atoms in total. The van der Waals surface area contributed by atoms with Crippen LogP contribution >= 0.6 is 11.3 Å². The van der Waals surface area contributed by atoms with Gasteiger partial charge in [-0.05, 0) is 17.9 Å². The van der Waals surface area contributed by atoms with E-state index < -0.39 is 11.9 Å². The molecule has 0 aliphatic heterocycles. The molecule has 0 radical (unpaired) electrons. The van der Waals surface area contributed by atoms with Crippen LogP contribution in [0.15, 0.2) is 5.38 Å². The monoisotopic (exact) mass is 206 g/mol. The second kappa shape index (κ2) is 2.47. The molecule has 0 aliphatic rings. The van der Waals surface area contributed by atoms with Crippen molar-refractivity contribution in [1.82, 2.24) is 10.2 Å². The largest absolute Gasteiger partial charge is 0.433 e. The smallest absolute Gasteiger partial charge is 0.272 e. The van der Waals surface area contributed by atoms with Crippen molar-refractivity contribution in [3.8, 4) is 0 Å². The standard InChI is InChI=1S/C7H5F3N2S/c1-3-2-13-6-4(3)5(11-12-6)7(8,9)10/h2H,1H3,(H,11,12). The molecule has 0 aromatic carbocycles. The third kappa shape index (κ3) is 1.21. The normalized spacial score (nSPS) is 12.6. The lowest BCUT2D eigenvalue weighted by Gasteiger charge is -2.02. The molecule has 0 unspecified atom stereocenters. The zero-order valence-electron chi connectivity index (χ0n) is 6.57. The number of nitrogens with one attached hydrogen (secondary N) is 1. The molecule has 70 valence electrons. The first-order valence-electron chi connectivity index (χ1n) is 3.49. The van der Waals surface area contributed by atoms with Gasteiger partial charge in [0.25, 0.3) is 0 Å². The van der Waals surface area contributed by atoms with E-state index in [1.165, 1.54) is 11.3 Å². The Morgan fingerprint density at radius 1 is 1.46 bits per heavy atom. The Bertz CT molecular complexity index is 440. The third-order valence-electron chi connectivity index (χ3n) is 1.76. The Kier molecular flexibility index (Phi) is 1.63. The van der Waals surface area contributed by atoms with Crippen LogP contribution in [0.25, 0.3) is 10.2 Å². The molecule has 13 heavy (non-hydrogen) atoms. The Labute approximate surface area is 75.4 Å². The van der Waals surface area contributed by atoms with E-state index in [1.807, 2.05) is 5.10 Å². The maximum atomic E-state index is 12.3. The Morgan fingerprint density at radius 2 is 2.15 bits per heavy atom. The summed E-state index contributed by atoms with van der Waals surface area (Å²) in [4.78, 5) is 0.407. The maximum absolute atomic E-state index is 12.3. The number of halogens is 3. The van der Waals surface area contributed by atoms with Gasteiger partial charge in [0.05, 0.1) is 0 Å². The molecule has 0 aliphatic carbocycles. The molecule has 0 spiro atoms. The van der Waals surface area contributed by atoms with Crippen molar-refractivity contribution in [2.24, 2.45) is 0 Å². The van der Waals surface area contributed by atoms with E-state index in [4.69, 9.17) is 0 Å².